The van der Waals surface area contributed by atoms with Crippen molar-refractivity contribution in [3.05, 3.63) is 29.8 Å². The Kier molecular flexibility index (Phi) is 10.6. The zero-order valence-corrected chi connectivity index (χ0v) is 20.5. The SMILES string of the molecule is CCOC(=O)N1CCC(NC(=NC)NCC(C)(C)c2cccc(OC)c2)CC1.I. The number of ether oxygens (including phenoxy) is 2. The molecule has 1 aliphatic heterocycles. The number of piperidine rings is 1. The minimum atomic E-state index is -0.219. The van der Waals surface area contributed by atoms with Crippen molar-refractivity contribution in [2.75, 3.05) is 40.4 Å². The van der Waals surface area contributed by atoms with Gasteiger partial charge in [0.25, 0.3) is 0 Å². The molecule has 1 aliphatic rings. The van der Waals surface area contributed by atoms with E-state index in [2.05, 4.69) is 41.6 Å². The quantitative estimate of drug-likeness (QED) is 0.343. The number of nitrogens with zero attached hydrogens (tertiary/aromatic N) is 2. The van der Waals surface area contributed by atoms with Gasteiger partial charge in [-0.05, 0) is 37.5 Å². The van der Waals surface area contributed by atoms with Crippen molar-refractivity contribution in [3.63, 3.8) is 0 Å². The highest BCUT2D eigenvalue weighted by atomic mass is 127. The number of halogens is 1. The lowest BCUT2D eigenvalue weighted by molar-refractivity contribution is 0.0963. The molecule has 1 saturated heterocycles. The lowest BCUT2D eigenvalue weighted by Gasteiger charge is -2.33. The number of hydrogen-bond donors (Lipinski definition) is 2. The molecule has 1 aromatic carbocycles. The molecule has 0 saturated carbocycles. The smallest absolute Gasteiger partial charge is 0.409 e. The lowest BCUT2D eigenvalue weighted by atomic mass is 9.84. The summed E-state index contributed by atoms with van der Waals surface area (Å²) in [5.74, 6) is 1.65. The highest BCUT2D eigenvalue weighted by Gasteiger charge is 2.25. The number of methoxy groups -OCH3 is 1. The standard InChI is InChI=1S/C21H34N4O3.HI/c1-6-28-20(26)25-12-10-17(11-13-25)24-19(22-4)23-15-21(2,3)16-8-7-9-18(14-16)27-5;/h7-9,14,17H,6,10-13,15H2,1-5H3,(H2,22,23,24);1H. The van der Waals surface area contributed by atoms with Gasteiger partial charge in [0.2, 0.25) is 0 Å². The number of aliphatic imine (C=N–C) groups is 1. The van der Waals surface area contributed by atoms with Crippen molar-refractivity contribution in [2.45, 2.75) is 45.1 Å². The number of benzene rings is 1. The molecule has 1 aromatic rings. The van der Waals surface area contributed by atoms with E-state index < -0.39 is 0 Å². The first kappa shape index (κ1) is 25.3. The van der Waals surface area contributed by atoms with Crippen molar-refractivity contribution < 1.29 is 14.3 Å². The van der Waals surface area contributed by atoms with Crippen LogP contribution in [0.1, 0.15) is 39.2 Å². The zero-order chi connectivity index (χ0) is 20.6. The van der Waals surface area contributed by atoms with Crippen molar-refractivity contribution in [1.29, 1.82) is 0 Å². The van der Waals surface area contributed by atoms with Gasteiger partial charge in [0, 0.05) is 38.1 Å². The summed E-state index contributed by atoms with van der Waals surface area (Å²) in [5, 5.41) is 6.92. The second-order valence-electron chi connectivity index (χ2n) is 7.65. The van der Waals surface area contributed by atoms with E-state index in [0.29, 0.717) is 19.7 Å². The van der Waals surface area contributed by atoms with Crippen LogP contribution in [0, 0.1) is 0 Å². The lowest BCUT2D eigenvalue weighted by Crippen LogP contribution is -2.51. The molecule has 2 rings (SSSR count). The van der Waals surface area contributed by atoms with Crippen LogP contribution < -0.4 is 15.4 Å². The minimum Gasteiger partial charge on any atom is -0.497 e. The summed E-state index contributed by atoms with van der Waals surface area (Å²) in [7, 11) is 3.46. The van der Waals surface area contributed by atoms with Gasteiger partial charge in [0.05, 0.1) is 13.7 Å². The van der Waals surface area contributed by atoms with Gasteiger partial charge in [-0.1, -0.05) is 26.0 Å². The molecule has 0 aromatic heterocycles. The molecule has 7 nitrogen and oxygen atoms in total. The van der Waals surface area contributed by atoms with Crippen LogP contribution in [0.3, 0.4) is 0 Å². The molecular formula is C21H35IN4O3. The van der Waals surface area contributed by atoms with E-state index in [1.165, 1.54) is 5.56 Å². The summed E-state index contributed by atoms with van der Waals surface area (Å²) in [4.78, 5) is 17.9. The van der Waals surface area contributed by atoms with Crippen LogP contribution in [-0.2, 0) is 10.2 Å². The largest absolute Gasteiger partial charge is 0.497 e. The Morgan fingerprint density at radius 2 is 2.00 bits per heavy atom. The Bertz CT molecular complexity index is 674. The van der Waals surface area contributed by atoms with E-state index in [1.807, 2.05) is 19.1 Å². The molecule has 1 heterocycles. The van der Waals surface area contributed by atoms with Gasteiger partial charge >= 0.3 is 6.09 Å². The van der Waals surface area contributed by atoms with Gasteiger partial charge in [-0.15, -0.1) is 24.0 Å². The molecule has 0 radical (unpaired) electrons. The molecule has 0 spiro atoms. The Morgan fingerprint density at radius 3 is 2.59 bits per heavy atom. The third-order valence-corrected chi connectivity index (χ3v) is 5.13. The fourth-order valence-electron chi connectivity index (χ4n) is 3.26. The van der Waals surface area contributed by atoms with Gasteiger partial charge in [0.1, 0.15) is 5.75 Å². The van der Waals surface area contributed by atoms with Crippen molar-refractivity contribution in [3.8, 4) is 5.75 Å². The molecular weight excluding hydrogens is 483 g/mol. The predicted octanol–water partition coefficient (Wildman–Crippen LogP) is 3.38. The van der Waals surface area contributed by atoms with Crippen LogP contribution in [-0.4, -0.2) is 63.4 Å². The van der Waals surface area contributed by atoms with E-state index in [1.54, 1.807) is 19.1 Å². The zero-order valence-electron chi connectivity index (χ0n) is 18.2. The third-order valence-electron chi connectivity index (χ3n) is 5.13. The molecule has 164 valence electrons. The minimum absolute atomic E-state index is 0. The Labute approximate surface area is 191 Å². The average molecular weight is 518 g/mol. The molecule has 0 atom stereocenters. The second-order valence-corrected chi connectivity index (χ2v) is 7.65. The number of nitrogens with one attached hydrogen (secondary N) is 2. The molecule has 1 amide bonds. The average Bonchev–Trinajstić information content (AvgIpc) is 2.71. The number of carbonyl (C=O) groups excluding carboxylic acids is 1. The van der Waals surface area contributed by atoms with Crippen molar-refractivity contribution in [1.82, 2.24) is 15.5 Å². The summed E-state index contributed by atoms with van der Waals surface area (Å²) in [6.07, 6.45) is 1.53. The number of amides is 1. The highest BCUT2D eigenvalue weighted by molar-refractivity contribution is 14.0. The molecule has 29 heavy (non-hydrogen) atoms. The number of hydrogen-bond acceptors (Lipinski definition) is 4. The Hall–Kier alpha value is -1.71. The maximum Gasteiger partial charge on any atom is 0.409 e. The van der Waals surface area contributed by atoms with Gasteiger partial charge in [-0.2, -0.15) is 0 Å². The molecule has 1 fully saturated rings. The van der Waals surface area contributed by atoms with E-state index in [0.717, 1.165) is 31.1 Å². The number of rotatable bonds is 6. The Balaban J connectivity index is 0.00000420. The topological polar surface area (TPSA) is 75.2 Å². The van der Waals surface area contributed by atoms with Crippen LogP contribution in [0.5, 0.6) is 5.75 Å². The third kappa shape index (κ3) is 7.56. The molecule has 0 aliphatic carbocycles. The molecule has 8 heteroatoms. The molecule has 0 bridgehead atoms. The van der Waals surface area contributed by atoms with Crippen LogP contribution in [0.4, 0.5) is 4.79 Å². The van der Waals surface area contributed by atoms with E-state index >= 15 is 0 Å². The van der Waals surface area contributed by atoms with Gasteiger partial charge in [-0.3, -0.25) is 4.99 Å². The van der Waals surface area contributed by atoms with Crippen LogP contribution in [0.2, 0.25) is 0 Å². The second kappa shape index (κ2) is 12.1. The number of likely N-dealkylation sites (tertiary alicyclic amines) is 1. The summed E-state index contributed by atoms with van der Waals surface area (Å²) >= 11 is 0. The first-order valence-electron chi connectivity index (χ1n) is 9.93. The summed E-state index contributed by atoms with van der Waals surface area (Å²) in [6, 6.07) is 8.45. The van der Waals surface area contributed by atoms with Crippen LogP contribution >= 0.6 is 24.0 Å². The van der Waals surface area contributed by atoms with Gasteiger partial charge in [0.15, 0.2) is 5.96 Å². The fourth-order valence-corrected chi connectivity index (χ4v) is 3.26. The van der Waals surface area contributed by atoms with E-state index in [-0.39, 0.29) is 41.5 Å². The van der Waals surface area contributed by atoms with E-state index in [4.69, 9.17) is 9.47 Å². The Morgan fingerprint density at radius 1 is 1.31 bits per heavy atom. The molecule has 0 unspecified atom stereocenters. The summed E-state index contributed by atoms with van der Waals surface area (Å²) in [6.45, 7) is 8.76. The summed E-state index contributed by atoms with van der Waals surface area (Å²) in [5.41, 5.74) is 1.12. The highest BCUT2D eigenvalue weighted by Crippen LogP contribution is 2.25. The molecule has 2 N–H and O–H groups in total. The first-order valence-corrected chi connectivity index (χ1v) is 9.93. The van der Waals surface area contributed by atoms with E-state index in [9.17, 15) is 4.79 Å². The summed E-state index contributed by atoms with van der Waals surface area (Å²) < 4.78 is 10.4. The van der Waals surface area contributed by atoms with Crippen LogP contribution in [0.25, 0.3) is 0 Å². The van der Waals surface area contributed by atoms with Crippen molar-refractivity contribution >= 4 is 36.0 Å². The van der Waals surface area contributed by atoms with Gasteiger partial charge in [-0.25, -0.2) is 4.79 Å². The fraction of sp³-hybridized carbons (Fsp3) is 0.619. The number of guanidine groups is 1. The monoisotopic (exact) mass is 518 g/mol. The van der Waals surface area contributed by atoms with Crippen molar-refractivity contribution in [2.24, 2.45) is 4.99 Å². The number of carbonyl (C=O) groups is 1. The first-order chi connectivity index (χ1) is 13.4. The maximum atomic E-state index is 11.8. The van der Waals surface area contributed by atoms with Gasteiger partial charge < -0.3 is 25.0 Å². The maximum absolute atomic E-state index is 11.8. The normalized spacial score (nSPS) is 15.3. The van der Waals surface area contributed by atoms with Crippen LogP contribution in [0.15, 0.2) is 29.3 Å². The predicted molar refractivity (Wildman–Crippen MR) is 128 cm³/mol.